The van der Waals surface area contributed by atoms with Gasteiger partial charge in [-0.15, -0.1) is 0 Å². The summed E-state index contributed by atoms with van der Waals surface area (Å²) < 4.78 is 0. The number of amides is 1. The fraction of sp³-hybridized carbons (Fsp3) is 0.889. The average molecular weight is 168 g/mol. The lowest BCUT2D eigenvalue weighted by atomic mass is 10.2. The molecular formula is C9H16N2O. The van der Waals surface area contributed by atoms with Gasteiger partial charge in [0.25, 0.3) is 0 Å². The van der Waals surface area contributed by atoms with E-state index in [2.05, 4.69) is 16.8 Å². The van der Waals surface area contributed by atoms with Crippen LogP contribution in [0.15, 0.2) is 0 Å². The lowest BCUT2D eigenvalue weighted by Crippen LogP contribution is -2.37. The summed E-state index contributed by atoms with van der Waals surface area (Å²) in [4.78, 5) is 15.8. The fourth-order valence-corrected chi connectivity index (χ4v) is 2.22. The number of likely N-dealkylation sites (N-methyl/N-ethyl adjacent to an activating group) is 1. The molecule has 0 bridgehead atoms. The second-order valence-corrected chi connectivity index (χ2v) is 3.90. The Morgan fingerprint density at radius 1 is 1.42 bits per heavy atom. The molecule has 2 rings (SSSR count). The zero-order chi connectivity index (χ0) is 8.55. The van der Waals surface area contributed by atoms with Crippen molar-refractivity contribution in [2.24, 2.45) is 0 Å². The van der Waals surface area contributed by atoms with Crippen LogP contribution >= 0.6 is 0 Å². The van der Waals surface area contributed by atoms with Crippen molar-refractivity contribution in [2.45, 2.75) is 25.3 Å². The lowest BCUT2D eigenvalue weighted by Gasteiger charge is -2.23. The van der Waals surface area contributed by atoms with Gasteiger partial charge >= 0.3 is 0 Å². The minimum Gasteiger partial charge on any atom is -0.338 e. The first kappa shape index (κ1) is 8.05. The highest BCUT2D eigenvalue weighted by Gasteiger charge is 2.31. The summed E-state index contributed by atoms with van der Waals surface area (Å²) in [5, 5.41) is 0. The molecule has 0 radical (unpaired) electrons. The van der Waals surface area contributed by atoms with Crippen LogP contribution in [-0.2, 0) is 4.79 Å². The van der Waals surface area contributed by atoms with E-state index in [-0.39, 0.29) is 0 Å². The van der Waals surface area contributed by atoms with Gasteiger partial charge in [0, 0.05) is 25.6 Å². The average Bonchev–Trinajstić information content (AvgIpc) is 2.58. The van der Waals surface area contributed by atoms with Gasteiger partial charge in [0.2, 0.25) is 5.91 Å². The van der Waals surface area contributed by atoms with E-state index in [1.54, 1.807) is 0 Å². The van der Waals surface area contributed by atoms with Crippen molar-refractivity contribution in [2.75, 3.05) is 26.7 Å². The van der Waals surface area contributed by atoms with Crippen molar-refractivity contribution in [3.63, 3.8) is 0 Å². The molecule has 2 fully saturated rings. The molecule has 2 saturated heterocycles. The van der Waals surface area contributed by atoms with Gasteiger partial charge < -0.3 is 9.80 Å². The van der Waals surface area contributed by atoms with Crippen LogP contribution in [0, 0.1) is 0 Å². The summed E-state index contributed by atoms with van der Waals surface area (Å²) in [5.41, 5.74) is 0. The molecule has 12 heavy (non-hydrogen) atoms. The van der Waals surface area contributed by atoms with Crippen LogP contribution in [0.25, 0.3) is 0 Å². The van der Waals surface area contributed by atoms with Crippen LogP contribution in [0.3, 0.4) is 0 Å². The van der Waals surface area contributed by atoms with Gasteiger partial charge in [0.05, 0.1) is 0 Å². The van der Waals surface area contributed by atoms with Crippen molar-refractivity contribution < 1.29 is 4.79 Å². The van der Waals surface area contributed by atoms with Gasteiger partial charge in [-0.3, -0.25) is 4.79 Å². The topological polar surface area (TPSA) is 23.6 Å². The van der Waals surface area contributed by atoms with Gasteiger partial charge in [-0.1, -0.05) is 0 Å². The van der Waals surface area contributed by atoms with Crippen LogP contribution in [0.1, 0.15) is 19.3 Å². The maximum absolute atomic E-state index is 11.4. The third-order valence-corrected chi connectivity index (χ3v) is 2.92. The number of carbonyl (C=O) groups is 1. The summed E-state index contributed by atoms with van der Waals surface area (Å²) >= 11 is 0. The molecule has 3 nitrogen and oxygen atoms in total. The van der Waals surface area contributed by atoms with E-state index >= 15 is 0 Å². The highest BCUT2D eigenvalue weighted by atomic mass is 16.2. The van der Waals surface area contributed by atoms with Crippen LogP contribution in [0.4, 0.5) is 0 Å². The predicted octanol–water partition coefficient (Wildman–Crippen LogP) is 0.313. The first-order valence-electron chi connectivity index (χ1n) is 4.75. The maximum Gasteiger partial charge on any atom is 0.222 e. The Balaban J connectivity index is 1.96. The Morgan fingerprint density at radius 2 is 2.25 bits per heavy atom. The number of hydrogen-bond donors (Lipinski definition) is 0. The van der Waals surface area contributed by atoms with E-state index in [4.69, 9.17) is 0 Å². The number of hydrogen-bond acceptors (Lipinski definition) is 2. The SMILES string of the molecule is CN1CC[C@H](N2CCCC2=O)C1. The van der Waals surface area contributed by atoms with Crippen molar-refractivity contribution in [1.29, 1.82) is 0 Å². The zero-order valence-electron chi connectivity index (χ0n) is 7.62. The number of carbonyl (C=O) groups excluding carboxylic acids is 1. The largest absolute Gasteiger partial charge is 0.338 e. The number of likely N-dealkylation sites (tertiary alicyclic amines) is 2. The smallest absolute Gasteiger partial charge is 0.222 e. The van der Waals surface area contributed by atoms with Crippen molar-refractivity contribution in [3.05, 3.63) is 0 Å². The van der Waals surface area contributed by atoms with Gasteiger partial charge in [0.1, 0.15) is 0 Å². The van der Waals surface area contributed by atoms with Gasteiger partial charge in [-0.05, 0) is 26.4 Å². The summed E-state index contributed by atoms with van der Waals surface area (Å²) in [6, 6.07) is 0.519. The van der Waals surface area contributed by atoms with Crippen LogP contribution in [-0.4, -0.2) is 48.4 Å². The predicted molar refractivity (Wildman–Crippen MR) is 46.8 cm³/mol. The molecule has 0 aromatic carbocycles. The van der Waals surface area contributed by atoms with Gasteiger partial charge in [0.15, 0.2) is 0 Å². The molecule has 3 heteroatoms. The number of rotatable bonds is 1. The van der Waals surface area contributed by atoms with E-state index in [9.17, 15) is 4.79 Å². The highest BCUT2D eigenvalue weighted by Crippen LogP contribution is 2.20. The molecule has 0 aliphatic carbocycles. The first-order chi connectivity index (χ1) is 5.77. The van der Waals surface area contributed by atoms with E-state index < -0.39 is 0 Å². The molecule has 0 aromatic heterocycles. The van der Waals surface area contributed by atoms with E-state index in [0.29, 0.717) is 11.9 Å². The maximum atomic E-state index is 11.4. The molecular weight excluding hydrogens is 152 g/mol. The molecule has 0 spiro atoms. The van der Waals surface area contributed by atoms with Gasteiger partial charge in [-0.25, -0.2) is 0 Å². The molecule has 2 aliphatic heterocycles. The third-order valence-electron chi connectivity index (χ3n) is 2.92. The third kappa shape index (κ3) is 1.33. The fourth-order valence-electron chi connectivity index (χ4n) is 2.22. The second-order valence-electron chi connectivity index (χ2n) is 3.90. The quantitative estimate of drug-likeness (QED) is 0.562. The molecule has 68 valence electrons. The standard InChI is InChI=1S/C9H16N2O/c1-10-6-4-8(7-10)11-5-2-3-9(11)12/h8H,2-7H2,1H3/t8-/m0/s1. The minimum atomic E-state index is 0.371. The second kappa shape index (κ2) is 3.05. The first-order valence-corrected chi connectivity index (χ1v) is 4.75. The Morgan fingerprint density at radius 3 is 2.75 bits per heavy atom. The van der Waals surface area contributed by atoms with E-state index in [1.807, 2.05) is 0 Å². The Labute approximate surface area is 73.3 Å². The van der Waals surface area contributed by atoms with E-state index in [0.717, 1.165) is 32.5 Å². The minimum absolute atomic E-state index is 0.371. The Kier molecular flexibility index (Phi) is 2.05. The number of nitrogens with zero attached hydrogens (tertiary/aromatic N) is 2. The lowest BCUT2D eigenvalue weighted by molar-refractivity contribution is -0.129. The van der Waals surface area contributed by atoms with Crippen molar-refractivity contribution in [3.8, 4) is 0 Å². The highest BCUT2D eigenvalue weighted by molar-refractivity contribution is 5.78. The molecule has 1 amide bonds. The molecule has 2 heterocycles. The molecule has 2 aliphatic rings. The molecule has 0 N–H and O–H groups in total. The van der Waals surface area contributed by atoms with Crippen molar-refractivity contribution >= 4 is 5.91 Å². The van der Waals surface area contributed by atoms with E-state index in [1.165, 1.54) is 6.42 Å². The van der Waals surface area contributed by atoms with Crippen molar-refractivity contribution in [1.82, 2.24) is 9.80 Å². The Bertz CT molecular complexity index is 193. The molecule has 0 aromatic rings. The molecule has 1 atom stereocenters. The van der Waals surface area contributed by atoms with Crippen LogP contribution in [0.2, 0.25) is 0 Å². The molecule has 0 unspecified atom stereocenters. The van der Waals surface area contributed by atoms with Crippen LogP contribution < -0.4 is 0 Å². The normalized spacial score (nSPS) is 31.9. The summed E-state index contributed by atoms with van der Waals surface area (Å²) in [7, 11) is 2.13. The summed E-state index contributed by atoms with van der Waals surface area (Å²) in [6.07, 6.45) is 3.02. The summed E-state index contributed by atoms with van der Waals surface area (Å²) in [6.45, 7) is 3.22. The monoisotopic (exact) mass is 168 g/mol. The molecule has 0 saturated carbocycles. The van der Waals surface area contributed by atoms with Crippen LogP contribution in [0.5, 0.6) is 0 Å². The van der Waals surface area contributed by atoms with Gasteiger partial charge in [-0.2, -0.15) is 0 Å². The zero-order valence-corrected chi connectivity index (χ0v) is 7.62. The summed E-state index contributed by atoms with van der Waals surface area (Å²) in [5.74, 6) is 0.371. The Hall–Kier alpha value is -0.570.